The number of hydrogen-bond acceptors (Lipinski definition) is 7. The molecule has 3 aromatic rings. The molecule has 1 aliphatic heterocycles. The maximum absolute atomic E-state index is 13.8. The number of nitrogens with two attached hydrogens (primary N) is 1. The molecule has 0 radical (unpaired) electrons. The molecule has 0 bridgehead atoms. The van der Waals surface area contributed by atoms with E-state index in [9.17, 15) is 27.6 Å². The Hall–Kier alpha value is -4.59. The van der Waals surface area contributed by atoms with Gasteiger partial charge >= 0.3 is 11.9 Å². The molecular weight excluding hydrogens is 509 g/mol. The number of nitrogens with zero attached hydrogens (tertiary/aromatic N) is 5. The Bertz CT molecular complexity index is 1330. The number of rotatable bonds is 7. The fourth-order valence-corrected chi connectivity index (χ4v) is 3.66. The van der Waals surface area contributed by atoms with Gasteiger partial charge in [0.15, 0.2) is 11.6 Å². The van der Waals surface area contributed by atoms with Crippen LogP contribution in [0.15, 0.2) is 48.8 Å². The molecule has 0 aliphatic carbocycles. The minimum Gasteiger partial charge on any atom is -0.478 e. The van der Waals surface area contributed by atoms with Crippen LogP contribution >= 0.6 is 0 Å². The Labute approximate surface area is 214 Å². The maximum atomic E-state index is 13.8. The number of carboxylic acids is 2. The molecule has 2 aromatic heterocycles. The second kappa shape index (κ2) is 12.6. The van der Waals surface area contributed by atoms with Gasteiger partial charge in [-0.15, -0.1) is 5.10 Å². The van der Waals surface area contributed by atoms with Crippen LogP contribution in [-0.2, 0) is 33.9 Å². The van der Waals surface area contributed by atoms with Gasteiger partial charge in [0.05, 0.1) is 18.8 Å². The molecule has 4 rings (SSSR count). The Morgan fingerprint density at radius 2 is 1.63 bits per heavy atom. The monoisotopic (exact) mass is 532 g/mol. The average molecular weight is 532 g/mol. The number of halogens is 3. The summed E-state index contributed by atoms with van der Waals surface area (Å²) in [5.74, 6) is -6.01. The number of aliphatic carboxylic acids is 2. The second-order valence-corrected chi connectivity index (χ2v) is 8.19. The van der Waals surface area contributed by atoms with Crippen molar-refractivity contribution in [1.82, 2.24) is 24.9 Å². The molecule has 1 aromatic carbocycles. The molecule has 14 heteroatoms. The van der Waals surface area contributed by atoms with Crippen LogP contribution in [0.3, 0.4) is 0 Å². The number of carbonyl (C=O) groups excluding carboxylic acids is 1. The molecule has 1 amide bonds. The van der Waals surface area contributed by atoms with Crippen LogP contribution in [0.25, 0.3) is 11.3 Å². The molecule has 0 spiro atoms. The summed E-state index contributed by atoms with van der Waals surface area (Å²) in [5.41, 5.74) is 8.28. The van der Waals surface area contributed by atoms with E-state index < -0.39 is 35.4 Å². The molecule has 1 aliphatic rings. The van der Waals surface area contributed by atoms with Crippen LogP contribution in [0.1, 0.15) is 17.7 Å². The highest BCUT2D eigenvalue weighted by Crippen LogP contribution is 2.24. The number of hydrogen-bond donors (Lipinski definition) is 3. The molecule has 11 nitrogen and oxygen atoms in total. The number of aromatic nitrogens is 4. The molecule has 0 fully saturated rings. The highest BCUT2D eigenvalue weighted by molar-refractivity contribution is 5.89. The zero-order chi connectivity index (χ0) is 27.8. The lowest BCUT2D eigenvalue weighted by molar-refractivity contribution is -0.134. The number of amides is 1. The number of benzene rings is 1. The van der Waals surface area contributed by atoms with E-state index in [1.807, 2.05) is 12.1 Å². The third kappa shape index (κ3) is 7.46. The standard InChI is InChI=1S/C20H19F3N6O.C4H4O4/c21-15-10-17(23)16(22)8-13(15)7-14(24)9-19(30)28-5-6-29-18(11-28)20(26-27-29)12-1-3-25-4-2-12;5-3(6)1-2-4(7)8/h1-4,8,10,14H,5-7,9,11,24H2;1-2H,(H,5,6)(H,7,8)/b;2-1+/t14-;/m1./s1. The molecule has 4 N–H and O–H groups in total. The zero-order valence-electron chi connectivity index (χ0n) is 19.8. The van der Waals surface area contributed by atoms with E-state index in [-0.39, 0.29) is 24.3 Å². The first-order valence-corrected chi connectivity index (χ1v) is 11.2. The van der Waals surface area contributed by atoms with Gasteiger partial charge in [0, 0.05) is 55.2 Å². The van der Waals surface area contributed by atoms with Crippen molar-refractivity contribution < 1.29 is 37.8 Å². The second-order valence-electron chi connectivity index (χ2n) is 8.19. The van der Waals surface area contributed by atoms with Crippen LogP contribution in [-0.4, -0.2) is 65.5 Å². The number of carboxylic acid groups (broad SMARTS) is 2. The van der Waals surface area contributed by atoms with Gasteiger partial charge in [-0.2, -0.15) is 0 Å². The lowest BCUT2D eigenvalue weighted by Gasteiger charge is -2.28. The maximum Gasteiger partial charge on any atom is 0.328 e. The van der Waals surface area contributed by atoms with Crippen LogP contribution in [0.4, 0.5) is 13.2 Å². The molecule has 200 valence electrons. The van der Waals surface area contributed by atoms with Crippen molar-refractivity contribution >= 4 is 17.8 Å². The Morgan fingerprint density at radius 1 is 1.00 bits per heavy atom. The minimum atomic E-state index is -1.26. The summed E-state index contributed by atoms with van der Waals surface area (Å²) < 4.78 is 42.1. The molecule has 3 heterocycles. The lowest BCUT2D eigenvalue weighted by atomic mass is 10.0. The highest BCUT2D eigenvalue weighted by Gasteiger charge is 2.27. The summed E-state index contributed by atoms with van der Waals surface area (Å²) in [6.45, 7) is 1.25. The topological polar surface area (TPSA) is 165 Å². The Kier molecular flexibility index (Phi) is 9.27. The summed E-state index contributed by atoms with van der Waals surface area (Å²) in [6.07, 6.45) is 4.30. The summed E-state index contributed by atoms with van der Waals surface area (Å²) in [4.78, 5) is 37.5. The minimum absolute atomic E-state index is 0.0510. The third-order valence-electron chi connectivity index (χ3n) is 5.44. The third-order valence-corrected chi connectivity index (χ3v) is 5.44. The van der Waals surface area contributed by atoms with Crippen LogP contribution in [0, 0.1) is 17.5 Å². The normalized spacial score (nSPS) is 13.4. The van der Waals surface area contributed by atoms with Gasteiger partial charge < -0.3 is 20.8 Å². The smallest absolute Gasteiger partial charge is 0.328 e. The van der Waals surface area contributed by atoms with E-state index in [2.05, 4.69) is 15.3 Å². The fourth-order valence-electron chi connectivity index (χ4n) is 3.66. The molecule has 0 unspecified atom stereocenters. The number of pyridine rings is 1. The van der Waals surface area contributed by atoms with Crippen molar-refractivity contribution in [3.63, 3.8) is 0 Å². The van der Waals surface area contributed by atoms with Crippen LogP contribution in [0.2, 0.25) is 0 Å². The van der Waals surface area contributed by atoms with Crippen molar-refractivity contribution in [3.05, 3.63) is 77.5 Å². The first-order valence-electron chi connectivity index (χ1n) is 11.2. The summed E-state index contributed by atoms with van der Waals surface area (Å²) >= 11 is 0. The van der Waals surface area contributed by atoms with Crippen molar-refractivity contribution in [2.75, 3.05) is 6.54 Å². The van der Waals surface area contributed by atoms with Crippen LogP contribution < -0.4 is 5.73 Å². The lowest BCUT2D eigenvalue weighted by Crippen LogP contribution is -2.41. The average Bonchev–Trinajstić information content (AvgIpc) is 3.30. The molecule has 0 saturated carbocycles. The van der Waals surface area contributed by atoms with Gasteiger partial charge in [-0.25, -0.2) is 27.4 Å². The highest BCUT2D eigenvalue weighted by atomic mass is 19.2. The Balaban J connectivity index is 0.000000436. The summed E-state index contributed by atoms with van der Waals surface area (Å²) in [7, 11) is 0. The van der Waals surface area contributed by atoms with Crippen molar-refractivity contribution in [2.45, 2.75) is 32.0 Å². The van der Waals surface area contributed by atoms with E-state index in [1.165, 1.54) is 0 Å². The van der Waals surface area contributed by atoms with E-state index >= 15 is 0 Å². The zero-order valence-corrected chi connectivity index (χ0v) is 19.8. The van der Waals surface area contributed by atoms with E-state index in [1.54, 1.807) is 22.0 Å². The van der Waals surface area contributed by atoms with Gasteiger partial charge in [0.2, 0.25) is 5.91 Å². The molecular formula is C24H23F3N6O5. The first-order chi connectivity index (χ1) is 18.0. The predicted octanol–water partition coefficient (Wildman–Crippen LogP) is 1.77. The molecule has 0 saturated heterocycles. The van der Waals surface area contributed by atoms with Crippen LogP contribution in [0.5, 0.6) is 0 Å². The van der Waals surface area contributed by atoms with Crippen molar-refractivity contribution in [2.24, 2.45) is 5.73 Å². The number of carbonyl (C=O) groups is 3. The van der Waals surface area contributed by atoms with E-state index in [0.717, 1.165) is 17.3 Å². The fraction of sp³-hybridized carbons (Fsp3) is 0.250. The van der Waals surface area contributed by atoms with Crippen molar-refractivity contribution in [3.8, 4) is 11.3 Å². The van der Waals surface area contributed by atoms with E-state index in [4.69, 9.17) is 15.9 Å². The first kappa shape index (κ1) is 28.0. The van der Waals surface area contributed by atoms with Gasteiger partial charge in [0.1, 0.15) is 11.5 Å². The van der Waals surface area contributed by atoms with E-state index in [0.29, 0.717) is 43.5 Å². The summed E-state index contributed by atoms with van der Waals surface area (Å²) in [6, 6.07) is 4.16. The van der Waals surface area contributed by atoms with Gasteiger partial charge in [-0.3, -0.25) is 9.78 Å². The van der Waals surface area contributed by atoms with Gasteiger partial charge in [-0.1, -0.05) is 5.21 Å². The SMILES string of the molecule is N[C@@H](CC(=O)N1CCn2nnc(-c3ccncc3)c2C1)Cc1cc(F)c(F)cc1F.O=C(O)/C=C/C(=O)O. The summed E-state index contributed by atoms with van der Waals surface area (Å²) in [5, 5.41) is 24.0. The van der Waals surface area contributed by atoms with Gasteiger partial charge in [0.25, 0.3) is 0 Å². The molecule has 1 atom stereocenters. The van der Waals surface area contributed by atoms with Gasteiger partial charge in [-0.05, 0) is 30.2 Å². The molecule has 38 heavy (non-hydrogen) atoms. The largest absolute Gasteiger partial charge is 0.478 e. The Morgan fingerprint density at radius 3 is 2.26 bits per heavy atom. The quantitative estimate of drug-likeness (QED) is 0.304. The predicted molar refractivity (Wildman–Crippen MR) is 126 cm³/mol. The number of fused-ring (bicyclic) bond motifs is 1. The van der Waals surface area contributed by atoms with Crippen molar-refractivity contribution in [1.29, 1.82) is 0 Å².